The van der Waals surface area contributed by atoms with Gasteiger partial charge in [0.25, 0.3) is 0 Å². The van der Waals surface area contributed by atoms with Gasteiger partial charge in [0.05, 0.1) is 0 Å². The molecule has 17 heavy (non-hydrogen) atoms. The molecule has 82 valence electrons. The second-order valence-electron chi connectivity index (χ2n) is 4.12. The summed E-state index contributed by atoms with van der Waals surface area (Å²) >= 11 is 0. The number of benzene rings is 2. The van der Waals surface area contributed by atoms with Crippen LogP contribution in [0.3, 0.4) is 0 Å². The van der Waals surface area contributed by atoms with Gasteiger partial charge in [0.2, 0.25) is 0 Å². The molecular weight excluding hydrogens is 206 g/mol. The first-order chi connectivity index (χ1) is 8.34. The number of hydrogen-bond donors (Lipinski definition) is 1. The molecule has 1 heteroatoms. The normalized spacial score (nSPS) is 13.6. The van der Waals surface area contributed by atoms with E-state index in [0.717, 1.165) is 17.0 Å². The molecule has 0 radical (unpaired) electrons. The Morgan fingerprint density at radius 1 is 0.824 bits per heavy atom. The first-order valence-corrected chi connectivity index (χ1v) is 5.67. The average Bonchev–Trinajstić information content (AvgIpc) is 2.40. The van der Waals surface area contributed by atoms with Crippen molar-refractivity contribution >= 4 is 17.0 Å². The number of anilines is 1. The Morgan fingerprint density at radius 3 is 2.35 bits per heavy atom. The maximum Gasteiger partial charge on any atom is 0.0464 e. The Balaban J connectivity index is 2.05. The lowest BCUT2D eigenvalue weighted by Crippen LogP contribution is -2.05. The van der Waals surface area contributed by atoms with Crippen molar-refractivity contribution in [1.82, 2.24) is 0 Å². The van der Waals surface area contributed by atoms with Crippen LogP contribution in [0.25, 0.3) is 11.3 Å². The monoisotopic (exact) mass is 219 g/mol. The van der Waals surface area contributed by atoms with E-state index in [2.05, 4.69) is 42.2 Å². The highest BCUT2D eigenvalue weighted by molar-refractivity contribution is 5.96. The third-order valence-electron chi connectivity index (χ3n) is 2.95. The van der Waals surface area contributed by atoms with Crippen LogP contribution in [0, 0.1) is 0 Å². The van der Waals surface area contributed by atoms with E-state index in [9.17, 15) is 0 Å². The minimum absolute atomic E-state index is 1.05. The lowest BCUT2D eigenvalue weighted by atomic mass is 9.98. The molecule has 0 fully saturated rings. The van der Waals surface area contributed by atoms with Crippen LogP contribution in [0.2, 0.25) is 0 Å². The zero-order chi connectivity index (χ0) is 11.7. The zero-order valence-electron chi connectivity index (χ0n) is 9.48. The Kier molecular flexibility index (Phi) is 2.30. The predicted octanol–water partition coefficient (Wildman–Crippen LogP) is 4.17. The van der Waals surface area contributed by atoms with Crippen LogP contribution in [-0.4, -0.2) is 0 Å². The molecule has 0 amide bonds. The summed E-state index contributed by atoms with van der Waals surface area (Å²) in [6.07, 6.45) is 2.09. The first-order valence-electron chi connectivity index (χ1n) is 5.67. The van der Waals surface area contributed by atoms with Crippen LogP contribution in [0.5, 0.6) is 0 Å². The lowest BCUT2D eigenvalue weighted by Gasteiger charge is -2.20. The highest BCUT2D eigenvalue weighted by atomic mass is 14.9. The quantitative estimate of drug-likeness (QED) is 0.759. The van der Waals surface area contributed by atoms with E-state index in [-0.39, 0.29) is 0 Å². The van der Waals surface area contributed by atoms with E-state index in [0.29, 0.717) is 0 Å². The molecule has 0 saturated heterocycles. The van der Waals surface area contributed by atoms with Crippen molar-refractivity contribution in [1.29, 1.82) is 0 Å². The molecule has 3 rings (SSSR count). The Morgan fingerprint density at radius 2 is 1.53 bits per heavy atom. The lowest BCUT2D eigenvalue weighted by molar-refractivity contribution is 1.48. The van der Waals surface area contributed by atoms with E-state index in [1.54, 1.807) is 0 Å². The zero-order valence-corrected chi connectivity index (χ0v) is 9.48. The number of allylic oxidation sites excluding steroid dienone is 2. The van der Waals surface area contributed by atoms with E-state index in [1.807, 2.05) is 30.3 Å². The van der Waals surface area contributed by atoms with E-state index < -0.39 is 0 Å². The van der Waals surface area contributed by atoms with Gasteiger partial charge in [-0.3, -0.25) is 0 Å². The van der Waals surface area contributed by atoms with Crippen molar-refractivity contribution in [3.05, 3.63) is 78.4 Å². The molecule has 2 aromatic carbocycles. The summed E-state index contributed by atoms with van der Waals surface area (Å²) in [5.74, 6) is 0. The molecule has 1 nitrogen and oxygen atoms in total. The van der Waals surface area contributed by atoms with Crippen molar-refractivity contribution < 1.29 is 0 Å². The topological polar surface area (TPSA) is 12.0 Å². The molecule has 1 aliphatic rings. The van der Waals surface area contributed by atoms with Gasteiger partial charge in [-0.2, -0.15) is 0 Å². The van der Waals surface area contributed by atoms with Gasteiger partial charge in [0.15, 0.2) is 0 Å². The van der Waals surface area contributed by atoms with Gasteiger partial charge in [0, 0.05) is 16.9 Å². The summed E-state index contributed by atoms with van der Waals surface area (Å²) in [4.78, 5) is 0. The van der Waals surface area contributed by atoms with Crippen LogP contribution >= 0.6 is 0 Å². The summed E-state index contributed by atoms with van der Waals surface area (Å²) in [6.45, 7) is 4.11. The van der Waals surface area contributed by atoms with Crippen molar-refractivity contribution in [2.45, 2.75) is 0 Å². The van der Waals surface area contributed by atoms with Crippen molar-refractivity contribution in [2.24, 2.45) is 0 Å². The minimum atomic E-state index is 1.05. The van der Waals surface area contributed by atoms with Gasteiger partial charge in [-0.25, -0.2) is 0 Å². The average molecular weight is 219 g/mol. The molecular formula is C16H13N. The molecule has 0 aliphatic carbocycles. The molecule has 0 aromatic heterocycles. The third-order valence-corrected chi connectivity index (χ3v) is 2.95. The molecule has 0 bridgehead atoms. The standard InChI is InChI=1S/C16H13N/c1-12-11-16(13-7-3-2-4-8-13)17-15-10-6-5-9-14(12)15/h2-11,17H,1H2. The second-order valence-corrected chi connectivity index (χ2v) is 4.12. The molecule has 0 unspecified atom stereocenters. The Hall–Kier alpha value is -2.28. The molecule has 0 spiro atoms. The smallest absolute Gasteiger partial charge is 0.0464 e. The fourth-order valence-corrected chi connectivity index (χ4v) is 2.08. The molecule has 0 saturated carbocycles. The number of rotatable bonds is 1. The maximum atomic E-state index is 4.11. The molecule has 0 atom stereocenters. The molecule has 2 aromatic rings. The van der Waals surface area contributed by atoms with Gasteiger partial charge in [-0.1, -0.05) is 55.1 Å². The SMILES string of the molecule is C=C1C=C(c2ccccc2)Nc2ccccc21. The summed E-state index contributed by atoms with van der Waals surface area (Å²) in [6, 6.07) is 18.5. The largest absolute Gasteiger partial charge is 0.355 e. The van der Waals surface area contributed by atoms with Crippen LogP contribution in [0.4, 0.5) is 5.69 Å². The Bertz CT molecular complexity index is 594. The number of nitrogens with one attached hydrogen (secondary N) is 1. The highest BCUT2D eigenvalue weighted by Gasteiger charge is 2.12. The maximum absolute atomic E-state index is 4.11. The fourth-order valence-electron chi connectivity index (χ4n) is 2.08. The van der Waals surface area contributed by atoms with E-state index in [1.165, 1.54) is 11.1 Å². The number of hydrogen-bond acceptors (Lipinski definition) is 1. The van der Waals surface area contributed by atoms with Gasteiger partial charge in [-0.05, 0) is 23.3 Å². The van der Waals surface area contributed by atoms with Crippen LogP contribution in [0.15, 0.2) is 67.3 Å². The third kappa shape index (κ3) is 1.76. The first kappa shape index (κ1) is 9.91. The van der Waals surface area contributed by atoms with Crippen LogP contribution < -0.4 is 5.32 Å². The second kappa shape index (κ2) is 3.95. The van der Waals surface area contributed by atoms with Gasteiger partial charge >= 0.3 is 0 Å². The molecule has 1 heterocycles. The number of para-hydroxylation sites is 1. The van der Waals surface area contributed by atoms with Crippen molar-refractivity contribution in [3.8, 4) is 0 Å². The summed E-state index contributed by atoms with van der Waals surface area (Å²) in [5, 5.41) is 3.44. The summed E-state index contributed by atoms with van der Waals surface area (Å²) < 4.78 is 0. The van der Waals surface area contributed by atoms with Gasteiger partial charge in [0.1, 0.15) is 0 Å². The highest BCUT2D eigenvalue weighted by Crippen LogP contribution is 2.33. The fraction of sp³-hybridized carbons (Fsp3) is 0. The van der Waals surface area contributed by atoms with Crippen molar-refractivity contribution in [3.63, 3.8) is 0 Å². The molecule has 1 N–H and O–H groups in total. The van der Waals surface area contributed by atoms with Crippen molar-refractivity contribution in [2.75, 3.05) is 5.32 Å². The number of fused-ring (bicyclic) bond motifs is 1. The van der Waals surface area contributed by atoms with E-state index in [4.69, 9.17) is 0 Å². The predicted molar refractivity (Wildman–Crippen MR) is 73.5 cm³/mol. The minimum Gasteiger partial charge on any atom is -0.355 e. The summed E-state index contributed by atoms with van der Waals surface area (Å²) in [7, 11) is 0. The van der Waals surface area contributed by atoms with Crippen LogP contribution in [-0.2, 0) is 0 Å². The van der Waals surface area contributed by atoms with E-state index >= 15 is 0 Å². The summed E-state index contributed by atoms with van der Waals surface area (Å²) in [5.41, 5.74) is 5.64. The van der Waals surface area contributed by atoms with Gasteiger partial charge < -0.3 is 5.32 Å². The molecule has 1 aliphatic heterocycles. The van der Waals surface area contributed by atoms with Gasteiger partial charge in [-0.15, -0.1) is 0 Å². The Labute approximate surface area is 101 Å². The van der Waals surface area contributed by atoms with Crippen LogP contribution in [0.1, 0.15) is 11.1 Å².